The number of benzene rings is 1. The van der Waals surface area contributed by atoms with E-state index in [1.807, 2.05) is 0 Å². The largest absolute Gasteiger partial charge is 0.508 e. The lowest BCUT2D eigenvalue weighted by Gasteiger charge is -2.18. The lowest BCUT2D eigenvalue weighted by molar-refractivity contribution is -0.119. The molecule has 1 aromatic rings. The van der Waals surface area contributed by atoms with Crippen LogP contribution in [0.4, 0.5) is 0 Å². The van der Waals surface area contributed by atoms with Gasteiger partial charge in [0.15, 0.2) is 0 Å². The molecule has 2 atom stereocenters. The summed E-state index contributed by atoms with van der Waals surface area (Å²) in [4.78, 5) is 10.6. The number of phenolic OH excluding ortho intramolecular Hbond substituents is 1. The normalized spacial score (nSPS) is 14.0. The number of carbonyl (C=O) groups excluding carboxylic acids is 1. The van der Waals surface area contributed by atoms with E-state index in [9.17, 15) is 20.1 Å². The van der Waals surface area contributed by atoms with Gasteiger partial charge in [-0.05, 0) is 30.2 Å². The molecule has 0 saturated carbocycles. The first-order valence-electron chi connectivity index (χ1n) is 5.50. The van der Waals surface area contributed by atoms with Crippen LogP contribution >= 0.6 is 11.6 Å². The Balaban J connectivity index is 2.62. The second-order valence-electron chi connectivity index (χ2n) is 4.03. The summed E-state index contributed by atoms with van der Waals surface area (Å²) in [5, 5.41) is 31.7. The van der Waals surface area contributed by atoms with E-state index in [0.717, 1.165) is 0 Å². The lowest BCUT2D eigenvalue weighted by Crippen LogP contribution is -2.27. The molecular formula is C12H16ClNO4. The van der Waals surface area contributed by atoms with E-state index in [1.54, 1.807) is 0 Å². The maximum absolute atomic E-state index is 10.6. The highest BCUT2D eigenvalue weighted by Gasteiger charge is 2.19. The second kappa shape index (κ2) is 6.58. The van der Waals surface area contributed by atoms with Crippen molar-refractivity contribution in [1.82, 2.24) is 5.32 Å². The lowest BCUT2D eigenvalue weighted by atomic mass is 10.0. The van der Waals surface area contributed by atoms with E-state index in [2.05, 4.69) is 5.32 Å². The van der Waals surface area contributed by atoms with Gasteiger partial charge in [0.1, 0.15) is 11.9 Å². The van der Waals surface area contributed by atoms with Crippen molar-refractivity contribution in [1.29, 1.82) is 0 Å². The van der Waals surface area contributed by atoms with Crippen molar-refractivity contribution in [2.24, 2.45) is 0 Å². The predicted molar refractivity (Wildman–Crippen MR) is 67.4 cm³/mol. The zero-order chi connectivity index (χ0) is 13.7. The van der Waals surface area contributed by atoms with Gasteiger partial charge in [0.25, 0.3) is 0 Å². The molecule has 0 bridgehead atoms. The predicted octanol–water partition coefficient (Wildman–Crippen LogP) is 0.966. The first kappa shape index (κ1) is 14.8. The molecule has 18 heavy (non-hydrogen) atoms. The number of aliphatic hydroxyl groups is 2. The van der Waals surface area contributed by atoms with Crippen molar-refractivity contribution in [2.45, 2.75) is 25.6 Å². The standard InChI is InChI=1S/C12H16ClNO4/c1-7(15)14-3-2-11(17)12(18)8-4-9(13)6-10(16)5-8/h4-6,11-12,16-18H,2-3H2,1H3,(H,14,15). The van der Waals surface area contributed by atoms with Gasteiger partial charge in [-0.15, -0.1) is 0 Å². The molecule has 0 heterocycles. The maximum atomic E-state index is 10.6. The molecule has 4 N–H and O–H groups in total. The van der Waals surface area contributed by atoms with Crippen LogP contribution in [0.3, 0.4) is 0 Å². The van der Waals surface area contributed by atoms with Crippen molar-refractivity contribution in [3.05, 3.63) is 28.8 Å². The van der Waals surface area contributed by atoms with Gasteiger partial charge in [-0.2, -0.15) is 0 Å². The summed E-state index contributed by atoms with van der Waals surface area (Å²) in [6.45, 7) is 1.64. The second-order valence-corrected chi connectivity index (χ2v) is 4.46. The molecule has 100 valence electrons. The fourth-order valence-electron chi connectivity index (χ4n) is 1.54. The fourth-order valence-corrected chi connectivity index (χ4v) is 1.78. The molecule has 0 aliphatic heterocycles. The van der Waals surface area contributed by atoms with Crippen LogP contribution in [0.2, 0.25) is 5.02 Å². The number of phenols is 1. The Morgan fingerprint density at radius 2 is 2.06 bits per heavy atom. The summed E-state index contributed by atoms with van der Waals surface area (Å²) in [7, 11) is 0. The van der Waals surface area contributed by atoms with Gasteiger partial charge in [0, 0.05) is 18.5 Å². The van der Waals surface area contributed by atoms with Crippen LogP contribution in [0, 0.1) is 0 Å². The van der Waals surface area contributed by atoms with Crippen molar-refractivity contribution < 1.29 is 20.1 Å². The van der Waals surface area contributed by atoms with Gasteiger partial charge in [0.05, 0.1) is 6.10 Å². The Morgan fingerprint density at radius 1 is 1.39 bits per heavy atom. The van der Waals surface area contributed by atoms with Crippen molar-refractivity contribution >= 4 is 17.5 Å². The number of hydrogen-bond acceptors (Lipinski definition) is 4. The highest BCUT2D eigenvalue weighted by Crippen LogP contribution is 2.26. The van der Waals surface area contributed by atoms with E-state index in [1.165, 1.54) is 25.1 Å². The summed E-state index contributed by atoms with van der Waals surface area (Å²) < 4.78 is 0. The Morgan fingerprint density at radius 3 is 2.61 bits per heavy atom. The average molecular weight is 274 g/mol. The molecule has 2 unspecified atom stereocenters. The maximum Gasteiger partial charge on any atom is 0.216 e. The molecule has 0 radical (unpaired) electrons. The third-order valence-electron chi connectivity index (χ3n) is 2.42. The Hall–Kier alpha value is -1.30. The summed E-state index contributed by atoms with van der Waals surface area (Å²) in [6.07, 6.45) is -2.01. The molecule has 0 aliphatic rings. The van der Waals surface area contributed by atoms with Gasteiger partial charge < -0.3 is 20.6 Å². The monoisotopic (exact) mass is 273 g/mol. The number of rotatable bonds is 5. The van der Waals surface area contributed by atoms with E-state index in [-0.39, 0.29) is 29.6 Å². The van der Waals surface area contributed by atoms with Crippen LogP contribution in [0.1, 0.15) is 25.0 Å². The Bertz CT molecular complexity index is 404. The molecule has 1 aromatic carbocycles. The number of amides is 1. The minimum atomic E-state index is -1.16. The summed E-state index contributed by atoms with van der Waals surface area (Å²) >= 11 is 5.74. The summed E-state index contributed by atoms with van der Waals surface area (Å²) in [6, 6.07) is 4.13. The minimum Gasteiger partial charge on any atom is -0.508 e. The molecule has 0 saturated heterocycles. The van der Waals surface area contributed by atoms with Crippen LogP contribution in [0.5, 0.6) is 5.75 Å². The molecule has 1 amide bonds. The Kier molecular flexibility index (Phi) is 5.40. The third kappa shape index (κ3) is 4.52. The number of nitrogens with one attached hydrogen (secondary N) is 1. The van der Waals surface area contributed by atoms with Crippen LogP contribution in [-0.4, -0.2) is 33.9 Å². The zero-order valence-electron chi connectivity index (χ0n) is 9.93. The molecular weight excluding hydrogens is 258 g/mol. The van der Waals surface area contributed by atoms with Crippen molar-refractivity contribution in [3.8, 4) is 5.75 Å². The average Bonchev–Trinajstić information content (AvgIpc) is 2.26. The quantitative estimate of drug-likeness (QED) is 0.643. The number of aliphatic hydroxyl groups excluding tert-OH is 2. The molecule has 0 spiro atoms. The topological polar surface area (TPSA) is 89.8 Å². The number of halogens is 1. The smallest absolute Gasteiger partial charge is 0.216 e. The molecule has 0 aliphatic carbocycles. The highest BCUT2D eigenvalue weighted by molar-refractivity contribution is 6.30. The Labute approximate surface area is 110 Å². The van der Waals surface area contributed by atoms with E-state index < -0.39 is 12.2 Å². The van der Waals surface area contributed by atoms with Crippen LogP contribution < -0.4 is 5.32 Å². The molecule has 0 fully saturated rings. The van der Waals surface area contributed by atoms with Crippen LogP contribution in [0.15, 0.2) is 18.2 Å². The van der Waals surface area contributed by atoms with Gasteiger partial charge in [-0.3, -0.25) is 4.79 Å². The minimum absolute atomic E-state index is 0.0781. The van der Waals surface area contributed by atoms with Gasteiger partial charge in [0.2, 0.25) is 5.91 Å². The van der Waals surface area contributed by atoms with Gasteiger partial charge in [-0.25, -0.2) is 0 Å². The fraction of sp³-hybridized carbons (Fsp3) is 0.417. The zero-order valence-corrected chi connectivity index (χ0v) is 10.7. The van der Waals surface area contributed by atoms with Crippen LogP contribution in [0.25, 0.3) is 0 Å². The first-order valence-corrected chi connectivity index (χ1v) is 5.88. The van der Waals surface area contributed by atoms with Gasteiger partial charge >= 0.3 is 0 Å². The molecule has 6 heteroatoms. The third-order valence-corrected chi connectivity index (χ3v) is 2.64. The van der Waals surface area contributed by atoms with E-state index in [0.29, 0.717) is 5.56 Å². The number of aromatic hydroxyl groups is 1. The number of carbonyl (C=O) groups is 1. The highest BCUT2D eigenvalue weighted by atomic mass is 35.5. The van der Waals surface area contributed by atoms with Crippen LogP contribution in [-0.2, 0) is 4.79 Å². The first-order chi connectivity index (χ1) is 8.40. The number of hydrogen-bond donors (Lipinski definition) is 4. The molecule has 0 aromatic heterocycles. The van der Waals surface area contributed by atoms with Crippen molar-refractivity contribution in [2.75, 3.05) is 6.54 Å². The van der Waals surface area contributed by atoms with E-state index >= 15 is 0 Å². The summed E-state index contributed by atoms with van der Waals surface area (Å²) in [5.74, 6) is -0.275. The van der Waals surface area contributed by atoms with Gasteiger partial charge in [-0.1, -0.05) is 11.6 Å². The molecule has 5 nitrogen and oxygen atoms in total. The summed E-state index contributed by atoms with van der Waals surface area (Å²) in [5.41, 5.74) is 0.329. The van der Waals surface area contributed by atoms with Crippen molar-refractivity contribution in [3.63, 3.8) is 0 Å². The SMILES string of the molecule is CC(=O)NCCC(O)C(O)c1cc(O)cc(Cl)c1. The molecule has 1 rings (SSSR count). The van der Waals surface area contributed by atoms with E-state index in [4.69, 9.17) is 11.6 Å².